The monoisotopic (exact) mass is 253 g/mol. The van der Waals surface area contributed by atoms with E-state index in [4.69, 9.17) is 0 Å². The number of aryl methyl sites for hydroxylation is 2. The summed E-state index contributed by atoms with van der Waals surface area (Å²) >= 11 is 0. The van der Waals surface area contributed by atoms with Gasteiger partial charge in [-0.3, -0.25) is 4.79 Å². The fourth-order valence-electron chi connectivity index (χ4n) is 2.49. The molecule has 3 rings (SSSR count). The fraction of sp³-hybridized carbons (Fsp3) is 0.267. The highest BCUT2D eigenvalue weighted by Crippen LogP contribution is 2.30. The molecular weight excluding hydrogens is 238 g/mol. The molecule has 1 unspecified atom stereocenters. The lowest BCUT2D eigenvalue weighted by atomic mass is 10.00. The van der Waals surface area contributed by atoms with Crippen LogP contribution >= 0.6 is 0 Å². The molecule has 0 fully saturated rings. The van der Waals surface area contributed by atoms with Gasteiger partial charge in [0.2, 0.25) is 5.78 Å². The van der Waals surface area contributed by atoms with Gasteiger partial charge in [0, 0.05) is 5.57 Å². The van der Waals surface area contributed by atoms with E-state index < -0.39 is 0 Å². The summed E-state index contributed by atoms with van der Waals surface area (Å²) in [7, 11) is 0. The van der Waals surface area contributed by atoms with Crippen molar-refractivity contribution in [1.29, 1.82) is 0 Å². The van der Waals surface area contributed by atoms with E-state index in [9.17, 15) is 4.79 Å². The molecule has 19 heavy (non-hydrogen) atoms. The van der Waals surface area contributed by atoms with Gasteiger partial charge in [-0.15, -0.1) is 0 Å². The van der Waals surface area contributed by atoms with Crippen molar-refractivity contribution in [1.82, 2.24) is 14.8 Å². The lowest BCUT2D eigenvalue weighted by Gasteiger charge is -2.07. The molecule has 0 N–H and O–H groups in total. The van der Waals surface area contributed by atoms with Gasteiger partial charge < -0.3 is 0 Å². The Bertz CT molecular complexity index is 697. The average Bonchev–Trinajstić information content (AvgIpc) is 2.92. The first-order valence-electron chi connectivity index (χ1n) is 6.31. The van der Waals surface area contributed by atoms with Crippen molar-refractivity contribution in [2.75, 3.05) is 0 Å². The smallest absolute Gasteiger partial charge is 0.228 e. The topological polar surface area (TPSA) is 47.8 Å². The van der Waals surface area contributed by atoms with E-state index in [-0.39, 0.29) is 11.8 Å². The number of ketones is 1. The van der Waals surface area contributed by atoms with Crippen LogP contribution in [0.5, 0.6) is 0 Å². The Balaban J connectivity index is 2.06. The quantitative estimate of drug-likeness (QED) is 0.734. The van der Waals surface area contributed by atoms with Crippen LogP contribution in [0.15, 0.2) is 30.1 Å². The van der Waals surface area contributed by atoms with Crippen LogP contribution in [0.3, 0.4) is 0 Å². The minimum absolute atomic E-state index is 0.0232. The summed E-state index contributed by atoms with van der Waals surface area (Å²) in [6.07, 6.45) is 3.38. The molecule has 1 aromatic carbocycles. The molecule has 1 aromatic heterocycles. The Morgan fingerprint density at radius 1 is 1.32 bits per heavy atom. The minimum atomic E-state index is -0.0503. The van der Waals surface area contributed by atoms with Crippen molar-refractivity contribution >= 4 is 11.9 Å². The molecule has 96 valence electrons. The maximum Gasteiger partial charge on any atom is 0.228 e. The number of carbonyl (C=O) groups excluding carboxylic acids is 1. The zero-order chi connectivity index (χ0) is 13.6. The lowest BCUT2D eigenvalue weighted by molar-refractivity contribution is 0.103. The summed E-state index contributed by atoms with van der Waals surface area (Å²) in [5.74, 6) is 0.411. The van der Waals surface area contributed by atoms with Crippen molar-refractivity contribution in [2.45, 2.75) is 26.8 Å². The molecule has 1 aliphatic rings. The number of rotatable bonds is 1. The Kier molecular flexibility index (Phi) is 2.59. The number of allylic oxidation sites excluding steroid dienone is 1. The lowest BCUT2D eigenvalue weighted by Crippen LogP contribution is -2.02. The molecule has 0 aliphatic carbocycles. The normalized spacial score (nSPS) is 20.1. The van der Waals surface area contributed by atoms with Crippen LogP contribution < -0.4 is 0 Å². The van der Waals surface area contributed by atoms with Gasteiger partial charge >= 0.3 is 0 Å². The van der Waals surface area contributed by atoms with Crippen molar-refractivity contribution in [3.63, 3.8) is 0 Å². The number of aromatic nitrogens is 3. The number of nitrogens with zero attached hydrogens (tertiary/aromatic N) is 3. The van der Waals surface area contributed by atoms with Crippen LogP contribution in [-0.2, 0) is 0 Å². The summed E-state index contributed by atoms with van der Waals surface area (Å²) < 4.78 is 1.68. The van der Waals surface area contributed by atoms with Gasteiger partial charge in [0.05, 0.1) is 6.04 Å². The maximum absolute atomic E-state index is 12.3. The van der Waals surface area contributed by atoms with Crippen LogP contribution in [0.2, 0.25) is 0 Å². The van der Waals surface area contributed by atoms with Gasteiger partial charge in [0.15, 0.2) is 5.82 Å². The van der Waals surface area contributed by atoms with Gasteiger partial charge in [-0.05, 0) is 38.0 Å². The van der Waals surface area contributed by atoms with Gasteiger partial charge in [0.1, 0.15) is 6.33 Å². The fourth-order valence-corrected chi connectivity index (χ4v) is 2.49. The second-order valence-corrected chi connectivity index (χ2v) is 4.99. The zero-order valence-corrected chi connectivity index (χ0v) is 11.2. The van der Waals surface area contributed by atoms with Gasteiger partial charge in [0.25, 0.3) is 0 Å². The highest BCUT2D eigenvalue weighted by atomic mass is 16.1. The highest BCUT2D eigenvalue weighted by Gasteiger charge is 2.33. The largest absolute Gasteiger partial charge is 0.285 e. The summed E-state index contributed by atoms with van der Waals surface area (Å²) in [5, 5.41) is 4.10. The third-order valence-electron chi connectivity index (χ3n) is 3.59. The van der Waals surface area contributed by atoms with E-state index in [2.05, 4.69) is 36.1 Å². The standard InChI is InChI=1S/C15H15N3O/c1-9-4-5-12(10(2)6-9)7-13-11(3)18-15(14(13)19)16-8-17-18/h4-8,11H,1-3H3/b13-7-. The first kappa shape index (κ1) is 11.8. The predicted molar refractivity (Wildman–Crippen MR) is 73.0 cm³/mol. The molecule has 0 radical (unpaired) electrons. The summed E-state index contributed by atoms with van der Waals surface area (Å²) in [5.41, 5.74) is 4.22. The van der Waals surface area contributed by atoms with Crippen LogP contribution in [0.25, 0.3) is 6.08 Å². The van der Waals surface area contributed by atoms with Crippen LogP contribution in [0.1, 0.15) is 40.3 Å². The molecule has 4 heteroatoms. The van der Waals surface area contributed by atoms with E-state index in [1.54, 1.807) is 4.68 Å². The number of hydrogen-bond acceptors (Lipinski definition) is 3. The molecule has 0 spiro atoms. The summed E-state index contributed by atoms with van der Waals surface area (Å²) in [4.78, 5) is 16.3. The molecular formula is C15H15N3O. The second-order valence-electron chi connectivity index (χ2n) is 4.99. The first-order chi connectivity index (χ1) is 9.08. The first-order valence-corrected chi connectivity index (χ1v) is 6.31. The van der Waals surface area contributed by atoms with Gasteiger partial charge in [-0.2, -0.15) is 5.10 Å². The average molecular weight is 253 g/mol. The Labute approximate surface area is 111 Å². The zero-order valence-electron chi connectivity index (χ0n) is 11.2. The summed E-state index contributed by atoms with van der Waals surface area (Å²) in [6, 6.07) is 6.17. The van der Waals surface area contributed by atoms with Crippen molar-refractivity contribution in [3.05, 3.63) is 52.6 Å². The molecule has 1 atom stereocenters. The minimum Gasteiger partial charge on any atom is -0.285 e. The van der Waals surface area contributed by atoms with Crippen molar-refractivity contribution in [2.24, 2.45) is 0 Å². The Hall–Kier alpha value is -2.23. The van der Waals surface area contributed by atoms with Gasteiger partial charge in [-0.1, -0.05) is 23.8 Å². The maximum atomic E-state index is 12.3. The third kappa shape index (κ3) is 1.80. The van der Waals surface area contributed by atoms with Gasteiger partial charge in [-0.25, -0.2) is 9.67 Å². The highest BCUT2D eigenvalue weighted by molar-refractivity contribution is 6.12. The SMILES string of the molecule is Cc1ccc(/C=C2\C(=O)c3ncnn3C2C)c(C)c1. The molecule has 0 saturated carbocycles. The molecule has 2 aromatic rings. The van der Waals surface area contributed by atoms with Crippen LogP contribution in [0, 0.1) is 13.8 Å². The molecule has 4 nitrogen and oxygen atoms in total. The number of benzene rings is 1. The Morgan fingerprint density at radius 2 is 2.11 bits per heavy atom. The number of carbonyl (C=O) groups is 1. The predicted octanol–water partition coefficient (Wildman–Crippen LogP) is 2.74. The third-order valence-corrected chi connectivity index (χ3v) is 3.59. The van der Waals surface area contributed by atoms with E-state index in [0.29, 0.717) is 5.82 Å². The van der Waals surface area contributed by atoms with E-state index >= 15 is 0 Å². The number of fused-ring (bicyclic) bond motifs is 1. The van der Waals surface area contributed by atoms with E-state index in [1.807, 2.05) is 19.1 Å². The van der Waals surface area contributed by atoms with E-state index in [1.165, 1.54) is 17.5 Å². The molecule has 0 amide bonds. The summed E-state index contributed by atoms with van der Waals surface area (Å²) in [6.45, 7) is 6.09. The van der Waals surface area contributed by atoms with Crippen LogP contribution in [-0.4, -0.2) is 20.5 Å². The Morgan fingerprint density at radius 3 is 2.79 bits per heavy atom. The molecule has 0 saturated heterocycles. The van der Waals surface area contributed by atoms with Crippen LogP contribution in [0.4, 0.5) is 0 Å². The molecule has 0 bridgehead atoms. The second kappa shape index (κ2) is 4.16. The number of Topliss-reactive ketones (excluding diaryl/α,β-unsaturated/α-hetero) is 1. The van der Waals surface area contributed by atoms with E-state index in [0.717, 1.165) is 11.1 Å². The molecule has 2 heterocycles. The van der Waals surface area contributed by atoms with Crippen molar-refractivity contribution < 1.29 is 4.79 Å². The molecule has 1 aliphatic heterocycles. The number of hydrogen-bond donors (Lipinski definition) is 0. The van der Waals surface area contributed by atoms with Crippen molar-refractivity contribution in [3.8, 4) is 0 Å².